The molecule has 2 aromatic rings. The monoisotopic (exact) mass is 265 g/mol. The van der Waals surface area contributed by atoms with Crippen molar-refractivity contribution in [1.29, 1.82) is 0 Å². The van der Waals surface area contributed by atoms with Crippen LogP contribution in [0.1, 0.15) is 31.4 Å². The highest BCUT2D eigenvalue weighted by atomic mass is 19.1. The van der Waals surface area contributed by atoms with Crippen molar-refractivity contribution in [2.45, 2.75) is 25.7 Å². The number of carbonyl (C=O) groups excluding carboxylic acids is 1. The lowest BCUT2D eigenvalue weighted by molar-refractivity contribution is -0.123. The molecular weight excluding hydrogens is 252 g/mol. The third-order valence-corrected chi connectivity index (χ3v) is 4.11. The number of hydrogen-bond acceptors (Lipinski definition) is 2. The van der Waals surface area contributed by atoms with Crippen molar-refractivity contribution >= 4 is 16.9 Å². The van der Waals surface area contributed by atoms with E-state index in [0.29, 0.717) is 18.6 Å². The maximum Gasteiger partial charge on any atom is 0.224 e. The van der Waals surface area contributed by atoms with Crippen LogP contribution in [-0.4, -0.2) is 5.91 Å². The Hall–Kier alpha value is -1.91. The summed E-state index contributed by atoms with van der Waals surface area (Å²) in [5.41, 5.74) is 4.96. The highest BCUT2D eigenvalue weighted by Crippen LogP contribution is 2.56. The van der Waals surface area contributed by atoms with Gasteiger partial charge in [0.15, 0.2) is 0 Å². The lowest BCUT2D eigenvalue weighted by Gasteiger charge is -2.17. The van der Waals surface area contributed by atoms with E-state index in [1.165, 1.54) is 6.07 Å². The molecule has 1 aromatic heterocycles. The van der Waals surface area contributed by atoms with E-state index in [0.717, 1.165) is 12.1 Å². The van der Waals surface area contributed by atoms with Crippen LogP contribution in [0, 0.1) is 17.0 Å². The molecule has 1 atom stereocenters. The molecule has 0 radical (unpaired) electrons. The molecule has 1 fully saturated rings. The Labute approximate surface area is 108 Å². The first-order valence-corrected chi connectivity index (χ1v) is 6.12. The Bertz CT molecular complexity index is 673. The van der Waals surface area contributed by atoms with Gasteiger partial charge in [-0.2, -0.15) is 0 Å². The van der Waals surface area contributed by atoms with E-state index in [2.05, 4.69) is 0 Å². The van der Waals surface area contributed by atoms with E-state index < -0.39 is 17.0 Å². The van der Waals surface area contributed by atoms with Crippen LogP contribution < -0.4 is 5.73 Å². The lowest BCUT2D eigenvalue weighted by atomic mass is 9.88. The Morgan fingerprint density at radius 3 is 2.63 bits per heavy atom. The van der Waals surface area contributed by atoms with Gasteiger partial charge in [-0.1, -0.05) is 6.92 Å². The molecule has 1 aliphatic rings. The largest absolute Gasteiger partial charge is 0.461 e. The standard InChI is InChI=1S/C14H13F2NO2/c1-7(14(2-3-14)13(17)18)11-6-9-10(16)4-8(15)5-12(9)19-11/h4-7H,2-3H2,1H3,(H2,17,18)/t7-/m0/s1. The van der Waals surface area contributed by atoms with Crippen molar-refractivity contribution in [3.8, 4) is 0 Å². The average Bonchev–Trinajstić information content (AvgIpc) is 3.03. The Morgan fingerprint density at radius 1 is 1.37 bits per heavy atom. The quantitative estimate of drug-likeness (QED) is 0.927. The Morgan fingerprint density at radius 2 is 2.05 bits per heavy atom. The SMILES string of the molecule is C[C@@H](c1cc2c(F)cc(F)cc2o1)C1(C(N)=O)CC1. The molecule has 1 saturated carbocycles. The molecule has 1 aromatic carbocycles. The van der Waals surface area contributed by atoms with E-state index in [1.807, 2.05) is 6.92 Å². The maximum absolute atomic E-state index is 13.6. The number of primary amides is 1. The molecule has 1 heterocycles. The fourth-order valence-corrected chi connectivity index (χ4v) is 2.60. The van der Waals surface area contributed by atoms with Gasteiger partial charge in [0.05, 0.1) is 10.8 Å². The molecule has 5 heteroatoms. The number of nitrogens with two attached hydrogens (primary N) is 1. The van der Waals surface area contributed by atoms with Gasteiger partial charge in [-0.25, -0.2) is 8.78 Å². The third-order valence-electron chi connectivity index (χ3n) is 4.11. The number of benzene rings is 1. The highest BCUT2D eigenvalue weighted by molar-refractivity contribution is 5.85. The summed E-state index contributed by atoms with van der Waals surface area (Å²) in [6, 6.07) is 3.48. The smallest absolute Gasteiger partial charge is 0.224 e. The summed E-state index contributed by atoms with van der Waals surface area (Å²) in [4.78, 5) is 11.5. The third kappa shape index (κ3) is 1.72. The van der Waals surface area contributed by atoms with Crippen LogP contribution in [0.15, 0.2) is 22.6 Å². The highest BCUT2D eigenvalue weighted by Gasteiger charge is 2.54. The number of furan rings is 1. The van der Waals surface area contributed by atoms with Crippen molar-refractivity contribution in [2.24, 2.45) is 11.1 Å². The summed E-state index contributed by atoms with van der Waals surface area (Å²) >= 11 is 0. The van der Waals surface area contributed by atoms with Crippen LogP contribution in [-0.2, 0) is 4.79 Å². The number of hydrogen-bond donors (Lipinski definition) is 1. The van der Waals surface area contributed by atoms with Crippen molar-refractivity contribution in [2.75, 3.05) is 0 Å². The van der Waals surface area contributed by atoms with Gasteiger partial charge >= 0.3 is 0 Å². The van der Waals surface area contributed by atoms with Crippen LogP contribution in [0.2, 0.25) is 0 Å². The van der Waals surface area contributed by atoms with Gasteiger partial charge < -0.3 is 10.2 Å². The fraction of sp³-hybridized carbons (Fsp3) is 0.357. The van der Waals surface area contributed by atoms with Crippen molar-refractivity contribution < 1.29 is 18.0 Å². The summed E-state index contributed by atoms with van der Waals surface area (Å²) in [6.45, 7) is 1.82. The number of halogens is 2. The predicted octanol–water partition coefficient (Wildman–Crippen LogP) is 3.08. The zero-order chi connectivity index (χ0) is 13.8. The molecule has 19 heavy (non-hydrogen) atoms. The molecule has 0 unspecified atom stereocenters. The van der Waals surface area contributed by atoms with Crippen molar-refractivity contribution in [3.05, 3.63) is 35.6 Å². The summed E-state index contributed by atoms with van der Waals surface area (Å²) in [6.07, 6.45) is 1.41. The lowest BCUT2D eigenvalue weighted by Crippen LogP contribution is -2.29. The maximum atomic E-state index is 13.6. The van der Waals surface area contributed by atoms with Crippen molar-refractivity contribution in [1.82, 2.24) is 0 Å². The minimum Gasteiger partial charge on any atom is -0.461 e. The topological polar surface area (TPSA) is 56.2 Å². The van der Waals surface area contributed by atoms with E-state index in [9.17, 15) is 13.6 Å². The molecule has 0 saturated heterocycles. The van der Waals surface area contributed by atoms with Crippen LogP contribution in [0.5, 0.6) is 0 Å². The van der Waals surface area contributed by atoms with Gasteiger partial charge in [0.1, 0.15) is 23.0 Å². The van der Waals surface area contributed by atoms with Gasteiger partial charge in [-0.3, -0.25) is 4.79 Å². The van der Waals surface area contributed by atoms with Gasteiger partial charge in [0.2, 0.25) is 5.91 Å². The van der Waals surface area contributed by atoms with E-state index in [-0.39, 0.29) is 22.8 Å². The fourth-order valence-electron chi connectivity index (χ4n) is 2.60. The zero-order valence-electron chi connectivity index (χ0n) is 10.4. The first-order valence-electron chi connectivity index (χ1n) is 6.12. The van der Waals surface area contributed by atoms with E-state index >= 15 is 0 Å². The van der Waals surface area contributed by atoms with Gasteiger partial charge in [-0.15, -0.1) is 0 Å². The second kappa shape index (κ2) is 3.79. The van der Waals surface area contributed by atoms with Crippen LogP contribution in [0.3, 0.4) is 0 Å². The number of rotatable bonds is 3. The van der Waals surface area contributed by atoms with Gasteiger partial charge in [0, 0.05) is 18.1 Å². The number of carbonyl (C=O) groups is 1. The molecule has 100 valence electrons. The number of amides is 1. The van der Waals surface area contributed by atoms with Gasteiger partial charge in [0.25, 0.3) is 0 Å². The zero-order valence-corrected chi connectivity index (χ0v) is 10.4. The van der Waals surface area contributed by atoms with Crippen LogP contribution >= 0.6 is 0 Å². The minimum atomic E-state index is -0.686. The summed E-state index contributed by atoms with van der Waals surface area (Å²) in [5.74, 6) is -1.49. The molecule has 3 nitrogen and oxygen atoms in total. The average molecular weight is 265 g/mol. The second-order valence-corrected chi connectivity index (χ2v) is 5.19. The summed E-state index contributed by atoms with van der Waals surface area (Å²) in [7, 11) is 0. The molecule has 1 amide bonds. The van der Waals surface area contributed by atoms with Crippen molar-refractivity contribution in [3.63, 3.8) is 0 Å². The van der Waals surface area contributed by atoms with E-state index in [4.69, 9.17) is 10.2 Å². The summed E-state index contributed by atoms with van der Waals surface area (Å²) in [5, 5.41) is 0.225. The Kier molecular flexibility index (Phi) is 2.42. The molecular formula is C14H13F2NO2. The van der Waals surface area contributed by atoms with Gasteiger partial charge in [-0.05, 0) is 18.9 Å². The van der Waals surface area contributed by atoms with Crippen LogP contribution in [0.25, 0.3) is 11.0 Å². The van der Waals surface area contributed by atoms with Crippen LogP contribution in [0.4, 0.5) is 8.78 Å². The molecule has 0 spiro atoms. The summed E-state index contributed by atoms with van der Waals surface area (Å²) < 4.78 is 32.2. The minimum absolute atomic E-state index is 0.152. The first kappa shape index (κ1) is 12.1. The molecule has 0 aliphatic heterocycles. The molecule has 0 bridgehead atoms. The second-order valence-electron chi connectivity index (χ2n) is 5.19. The van der Waals surface area contributed by atoms with E-state index in [1.54, 1.807) is 0 Å². The Balaban J connectivity index is 2.07. The normalized spacial score (nSPS) is 18.5. The first-order chi connectivity index (χ1) is 8.94. The number of fused-ring (bicyclic) bond motifs is 1. The molecule has 3 rings (SSSR count). The predicted molar refractivity (Wildman–Crippen MR) is 65.4 cm³/mol. The molecule has 1 aliphatic carbocycles. The molecule has 2 N–H and O–H groups in total.